The molecule has 0 spiro atoms. The summed E-state index contributed by atoms with van der Waals surface area (Å²) in [6.45, 7) is 5.04. The second-order valence-corrected chi connectivity index (χ2v) is 15.3. The molecule has 6 aromatic carbocycles. The Hall–Kier alpha value is -4.69. The lowest BCUT2D eigenvalue weighted by atomic mass is 9.94. The molecule has 1 fully saturated rings. The topological polar surface area (TPSA) is 46.2 Å². The number of benzene rings is 6. The second kappa shape index (κ2) is 20.3. The number of hydrogen-bond donors (Lipinski definition) is 0. The highest BCUT2D eigenvalue weighted by Gasteiger charge is 2.48. The Kier molecular flexibility index (Phi) is 14.2. The fourth-order valence-corrected chi connectivity index (χ4v) is 8.68. The summed E-state index contributed by atoms with van der Waals surface area (Å²) in [5, 5.41) is -0.0868. The highest BCUT2D eigenvalue weighted by Crippen LogP contribution is 2.47. The van der Waals surface area contributed by atoms with Crippen LogP contribution in [0.2, 0.25) is 0 Å². The van der Waals surface area contributed by atoms with E-state index in [4.69, 9.17) is 23.7 Å². The van der Waals surface area contributed by atoms with E-state index in [2.05, 4.69) is 146 Å². The van der Waals surface area contributed by atoms with Gasteiger partial charge in [0.05, 0.1) is 50.1 Å². The molecular weight excluding hydrogens is 701 g/mol. The van der Waals surface area contributed by atoms with Crippen LogP contribution in [-0.2, 0) is 51.8 Å². The Morgan fingerprint density at radius 1 is 0.455 bits per heavy atom. The van der Waals surface area contributed by atoms with Gasteiger partial charge in [-0.15, -0.1) is 11.8 Å². The number of ether oxygens (including phenoxy) is 5. The maximum absolute atomic E-state index is 7.06. The van der Waals surface area contributed by atoms with Crippen LogP contribution in [0.25, 0.3) is 0 Å². The predicted octanol–water partition coefficient (Wildman–Crippen LogP) is 10.8. The first kappa shape index (κ1) is 38.6. The van der Waals surface area contributed by atoms with Crippen LogP contribution in [0.5, 0.6) is 5.75 Å². The van der Waals surface area contributed by atoms with Crippen molar-refractivity contribution in [2.24, 2.45) is 0 Å². The van der Waals surface area contributed by atoms with Crippen molar-refractivity contribution in [2.45, 2.75) is 68.6 Å². The van der Waals surface area contributed by atoms with Crippen molar-refractivity contribution in [1.29, 1.82) is 0 Å². The minimum Gasteiger partial charge on any atom is -0.494 e. The molecule has 5 nitrogen and oxygen atoms in total. The number of hydrogen-bond acceptors (Lipinski definition) is 6. The van der Waals surface area contributed by atoms with Crippen molar-refractivity contribution in [3.05, 3.63) is 209 Å². The van der Waals surface area contributed by atoms with Crippen molar-refractivity contribution >= 4 is 11.8 Å². The lowest BCUT2D eigenvalue weighted by Crippen LogP contribution is -2.54. The fraction of sp³-hybridized carbons (Fsp3) is 0.265. The van der Waals surface area contributed by atoms with Gasteiger partial charge in [-0.3, -0.25) is 0 Å². The average molecular weight is 751 g/mol. The van der Waals surface area contributed by atoms with Crippen molar-refractivity contribution in [3.8, 4) is 5.75 Å². The Morgan fingerprint density at radius 2 is 0.945 bits per heavy atom. The maximum Gasteiger partial charge on any atom is 0.119 e. The molecule has 0 saturated carbocycles. The number of rotatable bonds is 18. The van der Waals surface area contributed by atoms with Crippen LogP contribution in [0.15, 0.2) is 170 Å². The molecule has 55 heavy (non-hydrogen) atoms. The highest BCUT2D eigenvalue weighted by molar-refractivity contribution is 8.00. The Bertz CT molecular complexity index is 1980. The molecule has 6 heteroatoms. The van der Waals surface area contributed by atoms with Gasteiger partial charge in [-0.25, -0.2) is 0 Å². The summed E-state index contributed by atoms with van der Waals surface area (Å²) in [5.41, 5.74) is 8.16. The van der Waals surface area contributed by atoms with Gasteiger partial charge in [-0.05, 0) is 64.4 Å². The molecule has 0 radical (unpaired) electrons. The zero-order valence-corrected chi connectivity index (χ0v) is 32.3. The smallest absolute Gasteiger partial charge is 0.119 e. The normalized spacial score (nSPS) is 19.5. The van der Waals surface area contributed by atoms with Gasteiger partial charge >= 0.3 is 0 Å². The molecule has 0 unspecified atom stereocenters. The monoisotopic (exact) mass is 750 g/mol. The van der Waals surface area contributed by atoms with E-state index in [1.807, 2.05) is 43.0 Å². The lowest BCUT2D eigenvalue weighted by Gasteiger charge is -2.46. The van der Waals surface area contributed by atoms with Gasteiger partial charge in [0.25, 0.3) is 0 Å². The molecule has 1 heterocycles. The van der Waals surface area contributed by atoms with Crippen molar-refractivity contribution in [3.63, 3.8) is 0 Å². The largest absolute Gasteiger partial charge is 0.494 e. The van der Waals surface area contributed by atoms with Crippen LogP contribution in [0, 0.1) is 0 Å². The van der Waals surface area contributed by atoms with Crippen LogP contribution in [0.1, 0.15) is 51.1 Å². The van der Waals surface area contributed by atoms with Crippen molar-refractivity contribution in [2.75, 3.05) is 13.2 Å². The lowest BCUT2D eigenvalue weighted by molar-refractivity contribution is -0.160. The molecule has 1 aliphatic rings. The quantitative estimate of drug-likeness (QED) is 0.0872. The molecule has 0 amide bonds. The van der Waals surface area contributed by atoms with E-state index < -0.39 is 0 Å². The Labute approximate surface area is 330 Å². The van der Waals surface area contributed by atoms with E-state index >= 15 is 0 Å². The van der Waals surface area contributed by atoms with Gasteiger partial charge in [0.1, 0.15) is 24.1 Å². The average Bonchev–Trinajstić information content (AvgIpc) is 3.24. The zero-order valence-electron chi connectivity index (χ0n) is 31.5. The first-order valence-electron chi connectivity index (χ1n) is 19.3. The molecule has 1 aliphatic heterocycles. The number of thioether (sulfide) groups is 1. The molecule has 0 aromatic heterocycles. The SMILES string of the molecule is CCOc1ccc(Cc2cccc([C@@H]3S[C@H](COCc4ccccc4)[C@@H](OCc4ccccc4)[C@H](OCc4ccccc4)[C@H]3OCc3ccccc3)c2)cc1. The molecule has 1 saturated heterocycles. The summed E-state index contributed by atoms with van der Waals surface area (Å²) < 4.78 is 33.3. The molecule has 0 N–H and O–H groups in total. The Balaban J connectivity index is 1.23. The van der Waals surface area contributed by atoms with Crippen molar-refractivity contribution in [1.82, 2.24) is 0 Å². The van der Waals surface area contributed by atoms with Crippen LogP contribution in [0.4, 0.5) is 0 Å². The molecule has 6 aromatic rings. The van der Waals surface area contributed by atoms with Crippen LogP contribution in [-0.4, -0.2) is 36.8 Å². The molecule has 7 rings (SSSR count). The first-order valence-corrected chi connectivity index (χ1v) is 20.2. The minimum atomic E-state index is -0.390. The second-order valence-electron chi connectivity index (χ2n) is 13.9. The summed E-state index contributed by atoms with van der Waals surface area (Å²) in [5.74, 6) is 0.892. The first-order chi connectivity index (χ1) is 27.2. The third-order valence-corrected chi connectivity index (χ3v) is 11.4. The molecular formula is C49H50O5S. The van der Waals surface area contributed by atoms with E-state index in [1.165, 1.54) is 16.7 Å². The van der Waals surface area contributed by atoms with Gasteiger partial charge in [0, 0.05) is 0 Å². The van der Waals surface area contributed by atoms with Gasteiger partial charge < -0.3 is 23.7 Å². The maximum atomic E-state index is 7.06. The predicted molar refractivity (Wildman–Crippen MR) is 222 cm³/mol. The summed E-state index contributed by atoms with van der Waals surface area (Å²) in [6, 6.07) is 58.9. The van der Waals surface area contributed by atoms with Crippen LogP contribution < -0.4 is 4.74 Å². The van der Waals surface area contributed by atoms with Gasteiger partial charge in [0.15, 0.2) is 0 Å². The summed E-state index contributed by atoms with van der Waals surface area (Å²) in [6.07, 6.45) is -0.207. The van der Waals surface area contributed by atoms with E-state index in [1.54, 1.807) is 0 Å². The Morgan fingerprint density at radius 3 is 1.49 bits per heavy atom. The third-order valence-electron chi connectivity index (χ3n) is 9.81. The van der Waals surface area contributed by atoms with E-state index in [0.717, 1.165) is 34.4 Å². The van der Waals surface area contributed by atoms with Gasteiger partial charge in [-0.1, -0.05) is 158 Å². The summed E-state index contributed by atoms with van der Waals surface area (Å²) in [4.78, 5) is 0. The van der Waals surface area contributed by atoms with E-state index in [9.17, 15) is 0 Å². The van der Waals surface area contributed by atoms with E-state index in [-0.39, 0.29) is 28.8 Å². The highest BCUT2D eigenvalue weighted by atomic mass is 32.2. The van der Waals surface area contributed by atoms with Crippen LogP contribution >= 0.6 is 11.8 Å². The van der Waals surface area contributed by atoms with Crippen LogP contribution in [0.3, 0.4) is 0 Å². The van der Waals surface area contributed by atoms with Gasteiger partial charge in [0.2, 0.25) is 0 Å². The third kappa shape index (κ3) is 11.2. The molecule has 0 aliphatic carbocycles. The zero-order chi connectivity index (χ0) is 37.5. The fourth-order valence-electron chi connectivity index (χ4n) is 7.04. The molecule has 282 valence electrons. The standard InChI is InChI=1S/C49H50O5S/c1-2-51-44-28-26-37(27-29-44)30-42-24-15-25-43(31-42)49-48(54-35-41-22-13-6-14-23-41)47(53-34-40-20-11-5-12-21-40)46(52-33-39-18-9-4-10-19-39)45(55-49)36-50-32-38-16-7-3-8-17-38/h3-29,31,45-49H,2,30,32-36H2,1H3/t45-,46-,47+,48-,49+/m1/s1. The van der Waals surface area contributed by atoms with E-state index in [0.29, 0.717) is 39.6 Å². The summed E-state index contributed by atoms with van der Waals surface area (Å²) in [7, 11) is 0. The van der Waals surface area contributed by atoms with Gasteiger partial charge in [-0.2, -0.15) is 0 Å². The minimum absolute atomic E-state index is 0.0375. The van der Waals surface area contributed by atoms with Crippen molar-refractivity contribution < 1.29 is 23.7 Å². The summed E-state index contributed by atoms with van der Waals surface area (Å²) >= 11 is 1.88. The molecule has 5 atom stereocenters. The molecule has 0 bridgehead atoms.